The van der Waals surface area contributed by atoms with Gasteiger partial charge in [0.25, 0.3) is 5.91 Å². The molecule has 0 radical (unpaired) electrons. The molecule has 1 aromatic carbocycles. The summed E-state index contributed by atoms with van der Waals surface area (Å²) in [6.45, 7) is 2.51. The largest absolute Gasteiger partial charge is 0.497 e. The van der Waals surface area contributed by atoms with Crippen molar-refractivity contribution in [2.24, 2.45) is 0 Å². The van der Waals surface area contributed by atoms with E-state index in [0.29, 0.717) is 17.8 Å². The Morgan fingerprint density at radius 1 is 1.23 bits per heavy atom. The zero-order chi connectivity index (χ0) is 18.1. The Balaban J connectivity index is 1.57. The lowest BCUT2D eigenvalue weighted by molar-refractivity contribution is 0.0952. The Morgan fingerprint density at radius 3 is 2.77 bits per heavy atom. The highest BCUT2D eigenvalue weighted by atomic mass is 16.5. The number of ether oxygens (including phenoxy) is 1. The van der Waals surface area contributed by atoms with Gasteiger partial charge in [0.05, 0.1) is 13.3 Å². The van der Waals surface area contributed by atoms with Crippen LogP contribution in [0.2, 0.25) is 0 Å². The highest BCUT2D eigenvalue weighted by molar-refractivity contribution is 5.99. The van der Waals surface area contributed by atoms with Gasteiger partial charge in [-0.3, -0.25) is 4.79 Å². The predicted octanol–water partition coefficient (Wildman–Crippen LogP) is 2.86. The maximum Gasteiger partial charge on any atom is 0.257 e. The Bertz CT molecular complexity index is 960. The van der Waals surface area contributed by atoms with E-state index in [2.05, 4.69) is 17.3 Å². The zero-order valence-electron chi connectivity index (χ0n) is 15.1. The monoisotopic (exact) mass is 350 g/mol. The molecule has 0 spiro atoms. The van der Waals surface area contributed by atoms with Crippen molar-refractivity contribution in [3.63, 3.8) is 0 Å². The molecule has 0 saturated heterocycles. The highest BCUT2D eigenvalue weighted by Crippen LogP contribution is 2.24. The number of carbonyl (C=O) groups is 1. The van der Waals surface area contributed by atoms with Crippen LogP contribution in [0.4, 0.5) is 0 Å². The molecule has 1 aliphatic carbocycles. The number of hydrogen-bond acceptors (Lipinski definition) is 4. The molecule has 0 unspecified atom stereocenters. The predicted molar refractivity (Wildman–Crippen MR) is 98.5 cm³/mol. The first kappa shape index (κ1) is 16.6. The lowest BCUT2D eigenvalue weighted by Crippen LogP contribution is -2.23. The minimum atomic E-state index is -0.154. The molecule has 6 heteroatoms. The second-order valence-electron chi connectivity index (χ2n) is 6.65. The van der Waals surface area contributed by atoms with Crippen molar-refractivity contribution in [2.75, 3.05) is 7.11 Å². The van der Waals surface area contributed by atoms with Gasteiger partial charge >= 0.3 is 0 Å². The molecule has 2 heterocycles. The third kappa shape index (κ3) is 2.92. The number of hydrogen-bond donors (Lipinski definition) is 1. The third-order valence-electron chi connectivity index (χ3n) is 5.03. The smallest absolute Gasteiger partial charge is 0.257 e. The summed E-state index contributed by atoms with van der Waals surface area (Å²) in [5, 5.41) is 7.36. The number of aromatic nitrogens is 3. The minimum Gasteiger partial charge on any atom is -0.497 e. The highest BCUT2D eigenvalue weighted by Gasteiger charge is 2.21. The fraction of sp³-hybridized carbons (Fsp3) is 0.350. The van der Waals surface area contributed by atoms with Crippen LogP contribution in [0.15, 0.2) is 30.5 Å². The number of aryl methyl sites for hydroxylation is 2. The van der Waals surface area contributed by atoms with Gasteiger partial charge in [0.1, 0.15) is 11.3 Å². The van der Waals surface area contributed by atoms with Crippen molar-refractivity contribution in [2.45, 2.75) is 39.2 Å². The molecule has 0 aliphatic heterocycles. The Kier molecular flexibility index (Phi) is 4.32. The first-order valence-electron chi connectivity index (χ1n) is 8.94. The van der Waals surface area contributed by atoms with E-state index in [-0.39, 0.29) is 5.91 Å². The summed E-state index contributed by atoms with van der Waals surface area (Å²) in [6.07, 6.45) is 5.98. The van der Waals surface area contributed by atoms with Crippen LogP contribution in [-0.2, 0) is 19.4 Å². The number of amides is 1. The fourth-order valence-electron chi connectivity index (χ4n) is 3.53. The molecule has 0 saturated carbocycles. The molecule has 0 fully saturated rings. The Labute approximate surface area is 152 Å². The summed E-state index contributed by atoms with van der Waals surface area (Å²) in [4.78, 5) is 17.4. The van der Waals surface area contributed by atoms with Crippen molar-refractivity contribution < 1.29 is 9.53 Å². The van der Waals surface area contributed by atoms with Crippen molar-refractivity contribution in [3.8, 4) is 5.75 Å². The van der Waals surface area contributed by atoms with Gasteiger partial charge in [0, 0.05) is 17.9 Å². The second-order valence-corrected chi connectivity index (χ2v) is 6.65. The van der Waals surface area contributed by atoms with Crippen LogP contribution in [0, 0.1) is 6.92 Å². The molecule has 6 nitrogen and oxygen atoms in total. The average Bonchev–Trinajstić information content (AvgIpc) is 3.11. The van der Waals surface area contributed by atoms with Crippen LogP contribution < -0.4 is 10.1 Å². The number of benzene rings is 1. The van der Waals surface area contributed by atoms with Crippen molar-refractivity contribution in [1.29, 1.82) is 0 Å². The molecular weight excluding hydrogens is 328 g/mol. The molecular formula is C20H22N4O2. The number of fused-ring (bicyclic) bond motifs is 2. The normalized spacial score (nSPS) is 13.5. The summed E-state index contributed by atoms with van der Waals surface area (Å²) in [5.41, 5.74) is 5.68. The van der Waals surface area contributed by atoms with E-state index in [1.807, 2.05) is 24.3 Å². The van der Waals surface area contributed by atoms with Gasteiger partial charge in [-0.05, 0) is 55.9 Å². The standard InChI is InChI=1S/C20H22N4O2/c1-13-16-5-3-4-6-18(16)23-19-17(12-22-24(13)19)20(25)21-11-14-7-9-15(26-2)10-8-14/h7-10,12H,3-6,11H2,1-2H3,(H,21,25). The fourth-order valence-corrected chi connectivity index (χ4v) is 3.53. The molecule has 1 N–H and O–H groups in total. The van der Waals surface area contributed by atoms with E-state index in [4.69, 9.17) is 9.72 Å². The van der Waals surface area contributed by atoms with E-state index in [1.54, 1.807) is 17.8 Å². The molecule has 26 heavy (non-hydrogen) atoms. The summed E-state index contributed by atoms with van der Waals surface area (Å²) < 4.78 is 6.95. The molecule has 2 aromatic heterocycles. The third-order valence-corrected chi connectivity index (χ3v) is 5.03. The molecule has 4 rings (SSSR count). The van der Waals surface area contributed by atoms with Gasteiger partial charge in [0.2, 0.25) is 0 Å². The van der Waals surface area contributed by atoms with E-state index < -0.39 is 0 Å². The van der Waals surface area contributed by atoms with Gasteiger partial charge in [-0.2, -0.15) is 5.10 Å². The van der Waals surface area contributed by atoms with Gasteiger partial charge in [-0.15, -0.1) is 0 Å². The van der Waals surface area contributed by atoms with E-state index in [0.717, 1.165) is 42.0 Å². The molecule has 3 aromatic rings. The molecule has 1 aliphatic rings. The summed E-state index contributed by atoms with van der Waals surface area (Å²) in [7, 11) is 1.63. The van der Waals surface area contributed by atoms with Gasteiger partial charge in [-0.25, -0.2) is 9.50 Å². The lowest BCUT2D eigenvalue weighted by Gasteiger charge is -2.17. The van der Waals surface area contributed by atoms with Crippen LogP contribution in [0.1, 0.15) is 45.7 Å². The van der Waals surface area contributed by atoms with E-state index in [1.165, 1.54) is 12.0 Å². The van der Waals surface area contributed by atoms with Crippen LogP contribution in [0.3, 0.4) is 0 Å². The average molecular weight is 350 g/mol. The van der Waals surface area contributed by atoms with Crippen LogP contribution in [-0.4, -0.2) is 27.6 Å². The number of carbonyl (C=O) groups excluding carboxylic acids is 1. The van der Waals surface area contributed by atoms with E-state index in [9.17, 15) is 4.79 Å². The SMILES string of the molecule is COc1ccc(CNC(=O)c2cnn3c(C)c4c(nc23)CCCC4)cc1. The summed E-state index contributed by atoms with van der Waals surface area (Å²) in [5.74, 6) is 0.644. The number of nitrogens with one attached hydrogen (secondary N) is 1. The lowest BCUT2D eigenvalue weighted by atomic mass is 9.95. The van der Waals surface area contributed by atoms with Crippen molar-refractivity contribution in [3.05, 3.63) is 58.5 Å². The number of methoxy groups -OCH3 is 1. The summed E-state index contributed by atoms with van der Waals surface area (Å²) in [6, 6.07) is 7.64. The number of nitrogens with zero attached hydrogens (tertiary/aromatic N) is 3. The first-order valence-corrected chi connectivity index (χ1v) is 8.94. The topological polar surface area (TPSA) is 68.5 Å². The molecule has 134 valence electrons. The Morgan fingerprint density at radius 2 is 2.00 bits per heavy atom. The minimum absolute atomic E-state index is 0.154. The maximum absolute atomic E-state index is 12.7. The molecule has 1 amide bonds. The molecule has 0 bridgehead atoms. The second kappa shape index (κ2) is 6.78. The quantitative estimate of drug-likeness (QED) is 0.786. The first-order chi connectivity index (χ1) is 12.7. The van der Waals surface area contributed by atoms with Gasteiger partial charge < -0.3 is 10.1 Å². The van der Waals surface area contributed by atoms with Gasteiger partial charge in [0.15, 0.2) is 5.65 Å². The Hall–Kier alpha value is -2.89. The van der Waals surface area contributed by atoms with E-state index >= 15 is 0 Å². The zero-order valence-corrected chi connectivity index (χ0v) is 15.1. The van der Waals surface area contributed by atoms with Crippen LogP contribution in [0.5, 0.6) is 5.75 Å². The number of rotatable bonds is 4. The van der Waals surface area contributed by atoms with Crippen LogP contribution >= 0.6 is 0 Å². The van der Waals surface area contributed by atoms with Crippen molar-refractivity contribution >= 4 is 11.6 Å². The van der Waals surface area contributed by atoms with Crippen molar-refractivity contribution in [1.82, 2.24) is 19.9 Å². The van der Waals surface area contributed by atoms with Gasteiger partial charge in [-0.1, -0.05) is 12.1 Å². The van der Waals surface area contributed by atoms with Crippen LogP contribution in [0.25, 0.3) is 5.65 Å². The molecule has 0 atom stereocenters. The summed E-state index contributed by atoms with van der Waals surface area (Å²) >= 11 is 0. The maximum atomic E-state index is 12.7.